The zero-order chi connectivity index (χ0) is 16.6. The Morgan fingerprint density at radius 1 is 0.636 bits per heavy atom. The maximum absolute atomic E-state index is 9.72. The van der Waals surface area contributed by atoms with Gasteiger partial charge in [0, 0.05) is 6.54 Å². The van der Waals surface area contributed by atoms with Crippen LogP contribution in [0.5, 0.6) is 0 Å². The van der Waals surface area contributed by atoms with Crippen LogP contribution >= 0.6 is 0 Å². The lowest BCUT2D eigenvalue weighted by atomic mass is 10.0. The van der Waals surface area contributed by atoms with Crippen molar-refractivity contribution in [1.82, 2.24) is 0 Å². The Balaban J connectivity index is 3.26. The molecule has 134 valence electrons. The van der Waals surface area contributed by atoms with Crippen LogP contribution in [0, 0.1) is 0 Å². The van der Waals surface area contributed by atoms with Crippen LogP contribution in [0.3, 0.4) is 0 Å². The molecule has 4 nitrogen and oxygen atoms in total. The third-order valence-corrected chi connectivity index (χ3v) is 4.38. The van der Waals surface area contributed by atoms with E-state index in [9.17, 15) is 15.3 Å². The summed E-state index contributed by atoms with van der Waals surface area (Å²) in [4.78, 5) is 0. The fourth-order valence-corrected chi connectivity index (χ4v) is 2.76. The highest BCUT2D eigenvalue weighted by Crippen LogP contribution is 2.14. The highest BCUT2D eigenvalue weighted by Gasteiger charge is 2.22. The van der Waals surface area contributed by atoms with Crippen LogP contribution in [0.2, 0.25) is 0 Å². The maximum Gasteiger partial charge on any atom is 0.107 e. The van der Waals surface area contributed by atoms with Crippen LogP contribution in [0.25, 0.3) is 0 Å². The van der Waals surface area contributed by atoms with E-state index < -0.39 is 18.3 Å². The number of rotatable bonds is 16. The van der Waals surface area contributed by atoms with E-state index >= 15 is 0 Å². The van der Waals surface area contributed by atoms with E-state index in [0.717, 1.165) is 12.8 Å². The molecule has 0 bridgehead atoms. The summed E-state index contributed by atoms with van der Waals surface area (Å²) in [5.74, 6) is 0. The van der Waals surface area contributed by atoms with E-state index in [-0.39, 0.29) is 6.54 Å². The van der Waals surface area contributed by atoms with Gasteiger partial charge in [-0.25, -0.2) is 0 Å². The second-order valence-corrected chi connectivity index (χ2v) is 6.54. The van der Waals surface area contributed by atoms with Crippen LogP contribution in [-0.4, -0.2) is 40.2 Å². The van der Waals surface area contributed by atoms with E-state index in [1.807, 2.05) is 0 Å². The standard InChI is InChI=1S/C18H39NO3/c1-2-3-4-5-6-7-8-9-10-11-12-13-14-16(20)18(22)17(21)15-19/h16-18,20-22H,2-15,19H2,1H3/t16-,17-,18-/m1/s1. The van der Waals surface area contributed by atoms with Crippen molar-refractivity contribution in [2.45, 2.75) is 109 Å². The molecule has 22 heavy (non-hydrogen) atoms. The number of nitrogens with two attached hydrogens (primary N) is 1. The molecular weight excluding hydrogens is 278 g/mol. The Morgan fingerprint density at radius 3 is 1.45 bits per heavy atom. The van der Waals surface area contributed by atoms with Crippen LogP contribution in [0.1, 0.15) is 90.4 Å². The largest absolute Gasteiger partial charge is 0.390 e. The zero-order valence-electron chi connectivity index (χ0n) is 14.6. The number of aliphatic hydroxyl groups excluding tert-OH is 3. The molecule has 4 heteroatoms. The van der Waals surface area contributed by atoms with Gasteiger partial charge < -0.3 is 21.1 Å². The van der Waals surface area contributed by atoms with Crippen molar-refractivity contribution in [3.05, 3.63) is 0 Å². The minimum Gasteiger partial charge on any atom is -0.390 e. The topological polar surface area (TPSA) is 86.7 Å². The molecule has 3 atom stereocenters. The van der Waals surface area contributed by atoms with Crippen LogP contribution in [0.15, 0.2) is 0 Å². The van der Waals surface area contributed by atoms with Gasteiger partial charge >= 0.3 is 0 Å². The number of unbranched alkanes of at least 4 members (excludes halogenated alkanes) is 11. The van der Waals surface area contributed by atoms with Crippen LogP contribution in [-0.2, 0) is 0 Å². The van der Waals surface area contributed by atoms with Crippen molar-refractivity contribution in [3.8, 4) is 0 Å². The smallest absolute Gasteiger partial charge is 0.107 e. The summed E-state index contributed by atoms with van der Waals surface area (Å²) in [5, 5.41) is 28.7. The highest BCUT2D eigenvalue weighted by molar-refractivity contribution is 4.75. The van der Waals surface area contributed by atoms with Gasteiger partial charge in [-0.2, -0.15) is 0 Å². The lowest BCUT2D eigenvalue weighted by Gasteiger charge is -2.21. The predicted octanol–water partition coefficient (Wildman–Crippen LogP) is 3.12. The van der Waals surface area contributed by atoms with Gasteiger partial charge in [-0.3, -0.25) is 0 Å². The summed E-state index contributed by atoms with van der Waals surface area (Å²) in [7, 11) is 0. The molecule has 0 aromatic heterocycles. The summed E-state index contributed by atoms with van der Waals surface area (Å²) in [6.07, 6.45) is 12.9. The Bertz CT molecular complexity index is 226. The summed E-state index contributed by atoms with van der Waals surface area (Å²) in [6.45, 7) is 2.23. The molecule has 0 unspecified atom stereocenters. The Hall–Kier alpha value is -0.160. The number of hydrogen-bond acceptors (Lipinski definition) is 4. The van der Waals surface area contributed by atoms with Crippen molar-refractivity contribution >= 4 is 0 Å². The molecule has 0 saturated heterocycles. The molecule has 0 aliphatic rings. The van der Waals surface area contributed by atoms with E-state index in [1.54, 1.807) is 0 Å². The quantitative estimate of drug-likeness (QED) is 0.329. The van der Waals surface area contributed by atoms with Gasteiger partial charge in [-0.1, -0.05) is 84.0 Å². The minimum atomic E-state index is -1.11. The molecule has 5 N–H and O–H groups in total. The Kier molecular flexibility index (Phi) is 15.6. The van der Waals surface area contributed by atoms with Gasteiger partial charge in [0.05, 0.1) is 12.2 Å². The Morgan fingerprint density at radius 2 is 1.05 bits per heavy atom. The summed E-state index contributed by atoms with van der Waals surface area (Å²) < 4.78 is 0. The second-order valence-electron chi connectivity index (χ2n) is 6.54. The van der Waals surface area contributed by atoms with Crippen molar-refractivity contribution in [2.24, 2.45) is 5.73 Å². The molecule has 0 aromatic rings. The van der Waals surface area contributed by atoms with Crippen molar-refractivity contribution in [2.75, 3.05) is 6.54 Å². The van der Waals surface area contributed by atoms with Crippen molar-refractivity contribution in [1.29, 1.82) is 0 Å². The average Bonchev–Trinajstić information content (AvgIpc) is 2.54. The van der Waals surface area contributed by atoms with Crippen LogP contribution in [0.4, 0.5) is 0 Å². The minimum absolute atomic E-state index is 0.0172. The lowest BCUT2D eigenvalue weighted by Crippen LogP contribution is -2.41. The molecule has 0 aliphatic carbocycles. The first-order valence-electron chi connectivity index (χ1n) is 9.37. The molecule has 0 rings (SSSR count). The van der Waals surface area contributed by atoms with Gasteiger partial charge in [0.15, 0.2) is 0 Å². The molecule has 0 radical (unpaired) electrons. The number of aliphatic hydroxyl groups is 3. The third-order valence-electron chi connectivity index (χ3n) is 4.38. The molecule has 0 amide bonds. The summed E-state index contributed by atoms with van der Waals surface area (Å²) >= 11 is 0. The average molecular weight is 318 g/mol. The van der Waals surface area contributed by atoms with Gasteiger partial charge in [-0.05, 0) is 6.42 Å². The molecule has 0 spiro atoms. The normalized spacial score (nSPS) is 15.7. The monoisotopic (exact) mass is 317 g/mol. The van der Waals surface area contributed by atoms with E-state index in [1.165, 1.54) is 64.2 Å². The lowest BCUT2D eigenvalue weighted by molar-refractivity contribution is -0.0583. The van der Waals surface area contributed by atoms with E-state index in [4.69, 9.17) is 5.73 Å². The third kappa shape index (κ3) is 12.4. The second kappa shape index (κ2) is 15.7. The van der Waals surface area contributed by atoms with E-state index in [0.29, 0.717) is 6.42 Å². The number of hydrogen-bond donors (Lipinski definition) is 4. The molecule has 0 heterocycles. The molecule has 0 saturated carbocycles. The predicted molar refractivity (Wildman–Crippen MR) is 92.8 cm³/mol. The van der Waals surface area contributed by atoms with Gasteiger partial charge in [-0.15, -0.1) is 0 Å². The molecule has 0 aliphatic heterocycles. The molecule has 0 fully saturated rings. The van der Waals surface area contributed by atoms with Crippen LogP contribution < -0.4 is 5.73 Å². The van der Waals surface area contributed by atoms with Gasteiger partial charge in [0.1, 0.15) is 6.10 Å². The fraction of sp³-hybridized carbons (Fsp3) is 1.00. The summed E-state index contributed by atoms with van der Waals surface area (Å²) in [5.41, 5.74) is 5.26. The highest BCUT2D eigenvalue weighted by atomic mass is 16.4. The molecule has 0 aromatic carbocycles. The zero-order valence-corrected chi connectivity index (χ0v) is 14.6. The first-order chi connectivity index (χ1) is 10.6. The molecular formula is C18H39NO3. The SMILES string of the molecule is CCCCCCCCCCCCCC[C@@H](O)[C@@H](O)[C@H](O)CN. The van der Waals surface area contributed by atoms with Gasteiger partial charge in [0.2, 0.25) is 0 Å². The first-order valence-corrected chi connectivity index (χ1v) is 9.37. The summed E-state index contributed by atoms with van der Waals surface area (Å²) in [6, 6.07) is 0. The first kappa shape index (κ1) is 21.8. The Labute approximate surface area is 137 Å². The van der Waals surface area contributed by atoms with Gasteiger partial charge in [0.25, 0.3) is 0 Å². The van der Waals surface area contributed by atoms with Crippen molar-refractivity contribution < 1.29 is 15.3 Å². The maximum atomic E-state index is 9.72. The van der Waals surface area contributed by atoms with Crippen molar-refractivity contribution in [3.63, 3.8) is 0 Å². The van der Waals surface area contributed by atoms with E-state index in [2.05, 4.69) is 6.92 Å². The fourth-order valence-electron chi connectivity index (χ4n) is 2.76.